The van der Waals surface area contributed by atoms with E-state index in [0.29, 0.717) is 12.8 Å². The van der Waals surface area contributed by atoms with E-state index < -0.39 is 38.8 Å². The summed E-state index contributed by atoms with van der Waals surface area (Å²) in [5.41, 5.74) is -0.446. The first kappa shape index (κ1) is 22.4. The summed E-state index contributed by atoms with van der Waals surface area (Å²) in [6.45, 7) is 3.75. The topological polar surface area (TPSA) is 92.6 Å². The maximum Gasteiger partial charge on any atom is 0.391 e. The first-order valence-electron chi connectivity index (χ1n) is 9.12. The maximum atomic E-state index is 13.0. The molecule has 0 unspecified atom stereocenters. The molecule has 0 aliphatic heterocycles. The Morgan fingerprint density at radius 2 is 1.89 bits per heavy atom. The highest BCUT2D eigenvalue weighted by Gasteiger charge is 2.42. The molecule has 1 aliphatic rings. The second-order valence-corrected chi connectivity index (χ2v) is 8.71. The molecule has 2 rings (SSSR count). The Balaban J connectivity index is 2.30. The number of alkyl halides is 3. The first-order chi connectivity index (χ1) is 13.0. The molecule has 0 radical (unpaired) electrons. The van der Waals surface area contributed by atoms with Crippen molar-refractivity contribution in [3.05, 3.63) is 28.3 Å². The third kappa shape index (κ3) is 4.93. The van der Waals surface area contributed by atoms with Gasteiger partial charge < -0.3 is 5.32 Å². The van der Waals surface area contributed by atoms with Crippen molar-refractivity contribution in [2.24, 2.45) is 5.92 Å². The van der Waals surface area contributed by atoms with Gasteiger partial charge in [-0.05, 0) is 31.4 Å². The van der Waals surface area contributed by atoms with Crippen molar-refractivity contribution in [2.75, 3.05) is 18.4 Å². The van der Waals surface area contributed by atoms with Crippen LogP contribution in [0.25, 0.3) is 0 Å². The van der Waals surface area contributed by atoms with E-state index in [1.165, 1.54) is 16.4 Å². The maximum absolute atomic E-state index is 13.0. The Kier molecular flexibility index (Phi) is 6.92. The zero-order chi connectivity index (χ0) is 21.1. The highest BCUT2D eigenvalue weighted by Crippen LogP contribution is 2.39. The largest absolute Gasteiger partial charge is 0.391 e. The summed E-state index contributed by atoms with van der Waals surface area (Å²) < 4.78 is 65.3. The molecule has 1 aliphatic carbocycles. The summed E-state index contributed by atoms with van der Waals surface area (Å²) in [7, 11) is -3.88. The zero-order valence-electron chi connectivity index (χ0n) is 15.7. The molecule has 0 bridgehead atoms. The number of sulfonamides is 1. The van der Waals surface area contributed by atoms with Gasteiger partial charge in [0.05, 0.1) is 15.7 Å². The van der Waals surface area contributed by atoms with Crippen molar-refractivity contribution in [1.82, 2.24) is 4.31 Å². The van der Waals surface area contributed by atoms with Crippen molar-refractivity contribution >= 4 is 21.4 Å². The lowest BCUT2D eigenvalue weighted by molar-refractivity contribution is -0.384. The van der Waals surface area contributed by atoms with Gasteiger partial charge in [0, 0.05) is 25.2 Å². The molecule has 1 aromatic carbocycles. The summed E-state index contributed by atoms with van der Waals surface area (Å²) in [4.78, 5) is 10.5. The highest BCUT2D eigenvalue weighted by atomic mass is 32.2. The monoisotopic (exact) mass is 423 g/mol. The van der Waals surface area contributed by atoms with E-state index in [2.05, 4.69) is 5.32 Å². The highest BCUT2D eigenvalue weighted by molar-refractivity contribution is 7.89. The molecule has 0 amide bonds. The van der Waals surface area contributed by atoms with Crippen LogP contribution in [0.15, 0.2) is 23.1 Å². The van der Waals surface area contributed by atoms with Gasteiger partial charge in [-0.25, -0.2) is 8.42 Å². The number of hydrogen-bond acceptors (Lipinski definition) is 5. The molecule has 0 spiro atoms. The lowest BCUT2D eigenvalue weighted by Crippen LogP contribution is -2.34. The molecule has 2 atom stereocenters. The number of rotatable bonds is 7. The lowest BCUT2D eigenvalue weighted by atomic mass is 9.85. The van der Waals surface area contributed by atoms with Crippen LogP contribution in [0.5, 0.6) is 0 Å². The predicted octanol–water partition coefficient (Wildman–Crippen LogP) is 4.16. The summed E-state index contributed by atoms with van der Waals surface area (Å²) in [6.07, 6.45) is -3.59. The first-order valence-corrected chi connectivity index (χ1v) is 10.6. The zero-order valence-corrected chi connectivity index (χ0v) is 16.5. The van der Waals surface area contributed by atoms with Gasteiger partial charge in [0.15, 0.2) is 0 Å². The average molecular weight is 423 g/mol. The Labute approximate surface area is 162 Å². The summed E-state index contributed by atoms with van der Waals surface area (Å²) in [5.74, 6) is -1.44. The van der Waals surface area contributed by atoms with Crippen molar-refractivity contribution in [3.63, 3.8) is 0 Å². The number of hydrogen-bond donors (Lipinski definition) is 1. The van der Waals surface area contributed by atoms with Crippen LogP contribution in [-0.2, 0) is 10.0 Å². The van der Waals surface area contributed by atoms with Gasteiger partial charge in [0.25, 0.3) is 5.69 Å². The molecule has 158 valence electrons. The van der Waals surface area contributed by atoms with Gasteiger partial charge in [-0.1, -0.05) is 20.3 Å². The molecule has 7 nitrogen and oxygen atoms in total. The Morgan fingerprint density at radius 3 is 2.43 bits per heavy atom. The lowest BCUT2D eigenvalue weighted by Gasteiger charge is -2.31. The third-order valence-electron chi connectivity index (χ3n) is 5.01. The van der Waals surface area contributed by atoms with Crippen molar-refractivity contribution in [2.45, 2.75) is 56.6 Å². The average Bonchev–Trinajstić information content (AvgIpc) is 2.62. The molecule has 1 fully saturated rings. The van der Waals surface area contributed by atoms with E-state index in [-0.39, 0.29) is 36.5 Å². The Bertz CT molecular complexity index is 810. The Morgan fingerprint density at radius 1 is 1.25 bits per heavy atom. The smallest absolute Gasteiger partial charge is 0.377 e. The predicted molar refractivity (Wildman–Crippen MR) is 98.6 cm³/mol. The molecule has 1 aromatic rings. The van der Waals surface area contributed by atoms with Crippen LogP contribution in [0, 0.1) is 16.0 Å². The van der Waals surface area contributed by atoms with Crippen LogP contribution in [0.1, 0.15) is 39.5 Å². The summed E-state index contributed by atoms with van der Waals surface area (Å²) >= 11 is 0. The van der Waals surface area contributed by atoms with Gasteiger partial charge in [0.2, 0.25) is 10.0 Å². The van der Waals surface area contributed by atoms with E-state index in [1.54, 1.807) is 13.8 Å². The number of nitrogens with one attached hydrogen (secondary N) is 1. The SMILES string of the molecule is CCN(CC)S(=O)(=O)c1ccc(N[C@@H]2CCC[C@@H](C(F)(F)F)C2)c([N+](=O)[O-])c1. The number of nitro groups is 1. The third-order valence-corrected chi connectivity index (χ3v) is 7.05. The fourth-order valence-corrected chi connectivity index (χ4v) is 4.97. The fraction of sp³-hybridized carbons (Fsp3) is 0.647. The van der Waals surface area contributed by atoms with Crippen molar-refractivity contribution < 1.29 is 26.5 Å². The molecular formula is C17H24F3N3O4S. The van der Waals surface area contributed by atoms with E-state index in [4.69, 9.17) is 0 Å². The quantitative estimate of drug-likeness (QED) is 0.525. The fourth-order valence-electron chi connectivity index (χ4n) is 3.50. The second kappa shape index (κ2) is 8.64. The van der Waals surface area contributed by atoms with E-state index in [1.807, 2.05) is 0 Å². The minimum Gasteiger partial charge on any atom is -0.377 e. The van der Waals surface area contributed by atoms with Crippen LogP contribution in [0.2, 0.25) is 0 Å². The van der Waals surface area contributed by atoms with Crippen LogP contribution in [-0.4, -0.2) is 43.0 Å². The normalized spacial score (nSPS) is 20.9. The van der Waals surface area contributed by atoms with Crippen molar-refractivity contribution in [1.29, 1.82) is 0 Å². The molecule has 1 saturated carbocycles. The number of halogens is 3. The number of anilines is 1. The number of benzene rings is 1. The molecular weight excluding hydrogens is 399 g/mol. The number of nitro benzene ring substituents is 1. The van der Waals surface area contributed by atoms with Gasteiger partial charge in [0.1, 0.15) is 5.69 Å². The van der Waals surface area contributed by atoms with Crippen LogP contribution in [0.3, 0.4) is 0 Å². The van der Waals surface area contributed by atoms with Crippen LogP contribution >= 0.6 is 0 Å². The van der Waals surface area contributed by atoms with Crippen LogP contribution in [0.4, 0.5) is 24.5 Å². The van der Waals surface area contributed by atoms with Gasteiger partial charge in [-0.3, -0.25) is 10.1 Å². The minimum atomic E-state index is -4.30. The molecule has 1 N–H and O–H groups in total. The van der Waals surface area contributed by atoms with E-state index in [0.717, 1.165) is 6.07 Å². The second-order valence-electron chi connectivity index (χ2n) is 6.77. The molecule has 0 aromatic heterocycles. The molecule has 28 heavy (non-hydrogen) atoms. The van der Waals surface area contributed by atoms with Crippen LogP contribution < -0.4 is 5.32 Å². The Hall–Kier alpha value is -1.88. The van der Waals surface area contributed by atoms with E-state index >= 15 is 0 Å². The molecule has 0 saturated heterocycles. The van der Waals surface area contributed by atoms with Gasteiger partial charge in [-0.15, -0.1) is 0 Å². The number of nitrogens with zero attached hydrogens (tertiary/aromatic N) is 2. The summed E-state index contributed by atoms with van der Waals surface area (Å²) in [5, 5.41) is 14.3. The standard InChI is InChI=1S/C17H24F3N3O4S/c1-3-22(4-2)28(26,27)14-8-9-15(16(11-14)23(24)25)21-13-7-5-6-12(10-13)17(18,19)20/h8-9,11-13,21H,3-7,10H2,1-2H3/t12-,13-/m1/s1. The van der Waals surface area contributed by atoms with E-state index in [9.17, 15) is 31.7 Å². The summed E-state index contributed by atoms with van der Waals surface area (Å²) in [6, 6.07) is 2.89. The van der Waals surface area contributed by atoms with Gasteiger partial charge >= 0.3 is 6.18 Å². The molecule has 0 heterocycles. The minimum absolute atomic E-state index is 0.0244. The van der Waals surface area contributed by atoms with Gasteiger partial charge in [-0.2, -0.15) is 17.5 Å². The molecule has 11 heteroatoms. The van der Waals surface area contributed by atoms with Crippen molar-refractivity contribution in [3.8, 4) is 0 Å².